The summed E-state index contributed by atoms with van der Waals surface area (Å²) < 4.78 is 12.9. The van der Waals surface area contributed by atoms with Crippen LogP contribution in [0, 0.1) is 0 Å². The smallest absolute Gasteiger partial charge is 0.234 e. The first kappa shape index (κ1) is 27.9. The van der Waals surface area contributed by atoms with Crippen LogP contribution in [0.3, 0.4) is 0 Å². The summed E-state index contributed by atoms with van der Waals surface area (Å²) in [5.41, 5.74) is 1.96. The van der Waals surface area contributed by atoms with Crippen molar-refractivity contribution in [1.82, 2.24) is 25.1 Å². The molecular formula is C28H41N7O3S. The number of hydrogen-bond donors (Lipinski definition) is 3. The van der Waals surface area contributed by atoms with E-state index in [9.17, 15) is 14.1 Å². The lowest BCUT2D eigenvalue weighted by Gasteiger charge is -2.42. The number of nitrogens with zero attached hydrogens (tertiary/aromatic N) is 5. The van der Waals surface area contributed by atoms with Gasteiger partial charge < -0.3 is 25.5 Å². The highest BCUT2D eigenvalue weighted by Crippen LogP contribution is 2.37. The predicted octanol–water partition coefficient (Wildman–Crippen LogP) is 1.18. The topological polar surface area (TPSA) is 114 Å². The molecule has 2 unspecified atom stereocenters. The Bertz CT molecular complexity index is 1190. The van der Waals surface area contributed by atoms with Gasteiger partial charge >= 0.3 is 0 Å². The zero-order valence-corrected chi connectivity index (χ0v) is 24.0. The summed E-state index contributed by atoms with van der Waals surface area (Å²) in [6.07, 6.45) is 3.51. The summed E-state index contributed by atoms with van der Waals surface area (Å²) in [6.45, 7) is 3.18. The number of likely N-dealkylation sites (N-methyl/N-ethyl adjacent to an activating group) is 2. The molecule has 39 heavy (non-hydrogen) atoms. The van der Waals surface area contributed by atoms with E-state index in [0.29, 0.717) is 50.0 Å². The number of rotatable bonds is 8. The van der Waals surface area contributed by atoms with Crippen LogP contribution in [0.2, 0.25) is 0 Å². The third-order valence-corrected chi connectivity index (χ3v) is 9.74. The highest BCUT2D eigenvalue weighted by atomic mass is 32.2. The molecule has 2 aromatic rings. The molecule has 1 aromatic carbocycles. The lowest BCUT2D eigenvalue weighted by molar-refractivity contribution is -0.122. The Labute approximate surface area is 233 Å². The molecule has 5 rings (SSSR count). The minimum atomic E-state index is -1.10. The van der Waals surface area contributed by atoms with E-state index in [1.807, 2.05) is 37.0 Å². The Balaban J connectivity index is 1.34. The second-order valence-corrected chi connectivity index (χ2v) is 12.9. The van der Waals surface area contributed by atoms with Crippen molar-refractivity contribution in [1.29, 1.82) is 0 Å². The molecule has 2 saturated heterocycles. The molecule has 11 heteroatoms. The standard InChI is InChI=1S/C28H41N7O3S/c1-33(2)18-23(36)29-19-28(20-7-5-4-6-8-20)12-14-35(15-13-28)27-31-22-11-16-39(38)25(22)26(32-27)30-21-9-10-24(37)34(3)17-21/h4-8,21,24,37H,9-19H2,1-3H3,(H,29,36)(H,30,31,32)/t21-,24?,39?/m0/s1. The normalized spacial score (nSPS) is 24.9. The van der Waals surface area contributed by atoms with Crippen LogP contribution < -0.4 is 15.5 Å². The number of aliphatic hydroxyl groups is 1. The van der Waals surface area contributed by atoms with Gasteiger partial charge in [0.25, 0.3) is 0 Å². The number of nitrogens with one attached hydrogen (secondary N) is 2. The Kier molecular flexibility index (Phi) is 8.51. The number of aliphatic hydroxyl groups excluding tert-OH is 1. The summed E-state index contributed by atoms with van der Waals surface area (Å²) >= 11 is 0. The largest absolute Gasteiger partial charge is 0.378 e. The van der Waals surface area contributed by atoms with Crippen LogP contribution in [0.4, 0.5) is 11.8 Å². The van der Waals surface area contributed by atoms with E-state index in [1.165, 1.54) is 5.56 Å². The van der Waals surface area contributed by atoms with Crippen molar-refractivity contribution in [2.24, 2.45) is 0 Å². The lowest BCUT2D eigenvalue weighted by atomic mass is 9.72. The minimum Gasteiger partial charge on any atom is -0.378 e. The minimum absolute atomic E-state index is 0.0317. The predicted molar refractivity (Wildman–Crippen MR) is 153 cm³/mol. The van der Waals surface area contributed by atoms with Crippen LogP contribution in [-0.4, -0.2) is 107 Å². The summed E-state index contributed by atoms with van der Waals surface area (Å²) in [5, 5.41) is 16.8. The maximum Gasteiger partial charge on any atom is 0.234 e. The summed E-state index contributed by atoms with van der Waals surface area (Å²) in [5.74, 6) is 1.97. The van der Waals surface area contributed by atoms with Gasteiger partial charge in [-0.2, -0.15) is 4.98 Å². The summed E-state index contributed by atoms with van der Waals surface area (Å²) in [4.78, 5) is 29.1. The zero-order chi connectivity index (χ0) is 27.6. The third kappa shape index (κ3) is 6.26. The third-order valence-electron chi connectivity index (χ3n) is 8.28. The Morgan fingerprint density at radius 2 is 1.92 bits per heavy atom. The Morgan fingerprint density at radius 1 is 1.18 bits per heavy atom. The number of amides is 1. The number of fused-ring (bicyclic) bond motifs is 1. The molecule has 0 aliphatic carbocycles. The molecule has 0 saturated carbocycles. The molecule has 3 aliphatic heterocycles. The fourth-order valence-corrected chi connectivity index (χ4v) is 7.28. The first-order valence-corrected chi connectivity index (χ1v) is 15.2. The van der Waals surface area contributed by atoms with Gasteiger partial charge in [-0.3, -0.25) is 13.9 Å². The van der Waals surface area contributed by atoms with Gasteiger partial charge in [0.1, 0.15) is 16.9 Å². The van der Waals surface area contributed by atoms with Crippen molar-refractivity contribution in [2.75, 3.05) is 69.8 Å². The first-order valence-electron chi connectivity index (χ1n) is 13.9. The second kappa shape index (κ2) is 11.9. The number of aromatic nitrogens is 2. The van der Waals surface area contributed by atoms with Crippen LogP contribution in [-0.2, 0) is 27.4 Å². The number of benzene rings is 1. The summed E-state index contributed by atoms with van der Waals surface area (Å²) in [7, 11) is 4.61. The molecule has 4 heterocycles. The van der Waals surface area contributed by atoms with Gasteiger partial charge in [0.05, 0.1) is 23.0 Å². The maximum atomic E-state index is 12.9. The van der Waals surface area contributed by atoms with Crippen molar-refractivity contribution >= 4 is 28.5 Å². The van der Waals surface area contributed by atoms with Gasteiger partial charge in [-0.1, -0.05) is 30.3 Å². The van der Waals surface area contributed by atoms with Gasteiger partial charge in [0.15, 0.2) is 0 Å². The molecule has 0 bridgehead atoms. The average Bonchev–Trinajstić information content (AvgIpc) is 3.31. The van der Waals surface area contributed by atoms with E-state index in [2.05, 4.69) is 39.8 Å². The molecule has 1 aromatic heterocycles. The van der Waals surface area contributed by atoms with Gasteiger partial charge in [-0.25, -0.2) is 4.98 Å². The van der Waals surface area contributed by atoms with E-state index < -0.39 is 17.0 Å². The number of carbonyl (C=O) groups excluding carboxylic acids is 1. The molecule has 10 nitrogen and oxygen atoms in total. The van der Waals surface area contributed by atoms with Gasteiger partial charge in [-0.15, -0.1) is 0 Å². The van der Waals surface area contributed by atoms with Crippen LogP contribution >= 0.6 is 0 Å². The number of carbonyl (C=O) groups is 1. The van der Waals surface area contributed by atoms with E-state index in [1.54, 1.807) is 0 Å². The second-order valence-electron chi connectivity index (χ2n) is 11.4. The van der Waals surface area contributed by atoms with E-state index >= 15 is 0 Å². The van der Waals surface area contributed by atoms with Crippen molar-refractivity contribution < 1.29 is 14.1 Å². The Hall–Kier alpha value is -2.60. The van der Waals surface area contributed by atoms with Crippen LogP contribution in [0.1, 0.15) is 36.9 Å². The van der Waals surface area contributed by atoms with Crippen LogP contribution in [0.5, 0.6) is 0 Å². The molecule has 2 fully saturated rings. The highest BCUT2D eigenvalue weighted by molar-refractivity contribution is 7.85. The van der Waals surface area contributed by atoms with Gasteiger partial charge in [-0.05, 0) is 52.4 Å². The summed E-state index contributed by atoms with van der Waals surface area (Å²) in [6, 6.07) is 10.6. The van der Waals surface area contributed by atoms with Gasteiger partial charge in [0, 0.05) is 49.8 Å². The number of anilines is 2. The monoisotopic (exact) mass is 555 g/mol. The van der Waals surface area contributed by atoms with E-state index in [4.69, 9.17) is 9.97 Å². The molecule has 3 aliphatic rings. The van der Waals surface area contributed by atoms with Crippen molar-refractivity contribution in [3.8, 4) is 0 Å². The van der Waals surface area contributed by atoms with Gasteiger partial charge in [0.2, 0.25) is 11.9 Å². The zero-order valence-electron chi connectivity index (χ0n) is 23.2. The molecule has 1 amide bonds. The van der Waals surface area contributed by atoms with Crippen molar-refractivity contribution in [2.45, 2.75) is 54.7 Å². The number of likely N-dealkylation sites (tertiary alicyclic amines) is 1. The van der Waals surface area contributed by atoms with E-state index in [0.717, 1.165) is 42.9 Å². The van der Waals surface area contributed by atoms with Crippen molar-refractivity contribution in [3.63, 3.8) is 0 Å². The number of hydrogen-bond acceptors (Lipinski definition) is 9. The quantitative estimate of drug-likeness (QED) is 0.442. The molecular weight excluding hydrogens is 514 g/mol. The fraction of sp³-hybridized carbons (Fsp3) is 0.607. The first-order chi connectivity index (χ1) is 18.7. The maximum absolute atomic E-state index is 12.9. The molecule has 3 N–H and O–H groups in total. The lowest BCUT2D eigenvalue weighted by Crippen LogP contribution is -2.50. The van der Waals surface area contributed by atoms with Crippen LogP contribution in [0.25, 0.3) is 0 Å². The fourth-order valence-electron chi connectivity index (χ4n) is 5.97. The molecule has 212 valence electrons. The van der Waals surface area contributed by atoms with Crippen molar-refractivity contribution in [3.05, 3.63) is 41.6 Å². The Morgan fingerprint density at radius 3 is 2.62 bits per heavy atom. The van der Waals surface area contributed by atoms with E-state index in [-0.39, 0.29) is 17.4 Å². The average molecular weight is 556 g/mol. The number of aryl methyl sites for hydroxylation is 1. The number of piperidine rings is 2. The molecule has 0 radical (unpaired) electrons. The van der Waals surface area contributed by atoms with Crippen LogP contribution in [0.15, 0.2) is 35.2 Å². The SMILES string of the molecule is CN(C)CC(=O)NCC1(c2ccccc2)CCN(c2nc3c(c(N[C@H]4CCC(O)N(C)C4)n2)S(=O)CC3)CC1. The molecule has 3 atom stereocenters. The highest BCUT2D eigenvalue weighted by Gasteiger charge is 2.38. The molecule has 0 spiro atoms.